The zero-order valence-corrected chi connectivity index (χ0v) is 19.2. The molecule has 3 aromatic rings. The van der Waals surface area contributed by atoms with Crippen molar-refractivity contribution in [1.29, 1.82) is 0 Å². The molecule has 0 aliphatic carbocycles. The number of nitrogen functional groups attached to an aromatic ring is 1. The summed E-state index contributed by atoms with van der Waals surface area (Å²) in [6, 6.07) is 13.4. The smallest absolute Gasteiger partial charge is 0.315 e. The van der Waals surface area contributed by atoms with E-state index in [2.05, 4.69) is 20.9 Å². The van der Waals surface area contributed by atoms with Crippen molar-refractivity contribution in [3.63, 3.8) is 0 Å². The molecule has 0 spiro atoms. The van der Waals surface area contributed by atoms with Crippen LogP contribution in [0.2, 0.25) is 0 Å². The Balaban J connectivity index is 1.51. The quantitative estimate of drug-likeness (QED) is 0.381. The number of aromatic nitrogens is 1. The highest BCUT2D eigenvalue weighted by molar-refractivity contribution is 6.05. The largest absolute Gasteiger partial charge is 0.493 e. The summed E-state index contributed by atoms with van der Waals surface area (Å²) in [4.78, 5) is 28.6. The van der Waals surface area contributed by atoms with E-state index in [4.69, 9.17) is 19.9 Å². The molecule has 2 aromatic carbocycles. The van der Waals surface area contributed by atoms with E-state index in [1.54, 1.807) is 54.7 Å². The van der Waals surface area contributed by atoms with Gasteiger partial charge in [-0.15, -0.1) is 0 Å². The lowest BCUT2D eigenvalue weighted by atomic mass is 10.1. The maximum atomic E-state index is 12.4. The molecule has 0 unspecified atom stereocenters. The molecule has 34 heavy (non-hydrogen) atoms. The van der Waals surface area contributed by atoms with Gasteiger partial charge in [-0.3, -0.25) is 4.79 Å². The second-order valence-corrected chi connectivity index (χ2v) is 7.16. The molecule has 10 heteroatoms. The van der Waals surface area contributed by atoms with E-state index >= 15 is 0 Å². The Morgan fingerprint density at radius 2 is 1.50 bits per heavy atom. The summed E-state index contributed by atoms with van der Waals surface area (Å²) in [5.41, 5.74) is 8.28. The lowest BCUT2D eigenvalue weighted by Crippen LogP contribution is -2.34. The molecule has 1 heterocycles. The van der Waals surface area contributed by atoms with Crippen LogP contribution < -0.4 is 35.9 Å². The number of ether oxygens (including phenoxy) is 3. The summed E-state index contributed by atoms with van der Waals surface area (Å²) in [7, 11) is 4.59. The van der Waals surface area contributed by atoms with Gasteiger partial charge in [-0.25, -0.2) is 9.78 Å². The van der Waals surface area contributed by atoms with Crippen LogP contribution in [-0.2, 0) is 13.1 Å². The number of hydrogen-bond acceptors (Lipinski definition) is 7. The number of benzene rings is 2. The van der Waals surface area contributed by atoms with Gasteiger partial charge in [-0.2, -0.15) is 0 Å². The van der Waals surface area contributed by atoms with Crippen molar-refractivity contribution in [3.8, 4) is 17.2 Å². The zero-order valence-electron chi connectivity index (χ0n) is 19.2. The highest BCUT2D eigenvalue weighted by Gasteiger charge is 2.14. The average molecular weight is 466 g/mol. The van der Waals surface area contributed by atoms with Crippen LogP contribution in [0.4, 0.5) is 16.3 Å². The van der Waals surface area contributed by atoms with Gasteiger partial charge in [0.2, 0.25) is 5.75 Å². The minimum Gasteiger partial charge on any atom is -0.493 e. The van der Waals surface area contributed by atoms with Crippen LogP contribution in [0, 0.1) is 0 Å². The van der Waals surface area contributed by atoms with Gasteiger partial charge in [0, 0.05) is 24.8 Å². The fourth-order valence-electron chi connectivity index (χ4n) is 3.16. The molecule has 0 radical (unpaired) electrons. The Hall–Kier alpha value is -4.47. The molecule has 0 atom stereocenters. The molecule has 1 aromatic heterocycles. The number of anilines is 2. The number of urea groups is 1. The molecule has 0 aliphatic rings. The molecule has 0 saturated heterocycles. The molecule has 0 fully saturated rings. The Morgan fingerprint density at radius 3 is 2.06 bits per heavy atom. The van der Waals surface area contributed by atoms with Crippen molar-refractivity contribution >= 4 is 23.4 Å². The fourth-order valence-corrected chi connectivity index (χ4v) is 3.16. The molecule has 10 nitrogen and oxygen atoms in total. The van der Waals surface area contributed by atoms with Crippen LogP contribution in [-0.4, -0.2) is 38.3 Å². The van der Waals surface area contributed by atoms with Crippen molar-refractivity contribution in [2.45, 2.75) is 13.1 Å². The number of nitrogens with one attached hydrogen (secondary N) is 3. The predicted molar refractivity (Wildman–Crippen MR) is 128 cm³/mol. The second-order valence-electron chi connectivity index (χ2n) is 7.16. The van der Waals surface area contributed by atoms with Crippen LogP contribution in [0.15, 0.2) is 54.7 Å². The molecule has 3 amide bonds. The zero-order chi connectivity index (χ0) is 24.5. The predicted octanol–water partition coefficient (Wildman–Crippen LogP) is 2.94. The Bertz CT molecular complexity index is 1130. The van der Waals surface area contributed by atoms with Crippen molar-refractivity contribution in [2.24, 2.45) is 0 Å². The van der Waals surface area contributed by atoms with E-state index in [0.29, 0.717) is 35.0 Å². The SMILES string of the molecule is COc1cc(CNC(=O)NCc2ccc(C(=O)Nc3cccnc3N)cc2)cc(OC)c1OC. The Labute approximate surface area is 197 Å². The first kappa shape index (κ1) is 24.2. The van der Waals surface area contributed by atoms with E-state index in [9.17, 15) is 9.59 Å². The Kier molecular flexibility index (Phi) is 8.11. The molecule has 0 aliphatic heterocycles. The highest BCUT2D eigenvalue weighted by Crippen LogP contribution is 2.38. The van der Waals surface area contributed by atoms with Gasteiger partial charge in [-0.1, -0.05) is 12.1 Å². The summed E-state index contributed by atoms with van der Waals surface area (Å²) in [5.74, 6) is 1.44. The number of nitrogens with two attached hydrogens (primary N) is 1. The first-order chi connectivity index (χ1) is 16.4. The molecule has 178 valence electrons. The van der Waals surface area contributed by atoms with Crippen molar-refractivity contribution in [3.05, 3.63) is 71.4 Å². The van der Waals surface area contributed by atoms with Crippen LogP contribution >= 0.6 is 0 Å². The van der Waals surface area contributed by atoms with E-state index in [-0.39, 0.29) is 24.3 Å². The van der Waals surface area contributed by atoms with E-state index < -0.39 is 0 Å². The molecular formula is C24H27N5O5. The van der Waals surface area contributed by atoms with Crippen LogP contribution in [0.3, 0.4) is 0 Å². The second kappa shape index (κ2) is 11.4. The monoisotopic (exact) mass is 465 g/mol. The number of rotatable bonds is 9. The minimum absolute atomic E-state index is 0.245. The minimum atomic E-state index is -0.345. The fraction of sp³-hybridized carbons (Fsp3) is 0.208. The summed E-state index contributed by atoms with van der Waals surface area (Å²) >= 11 is 0. The summed E-state index contributed by atoms with van der Waals surface area (Å²) in [6.45, 7) is 0.553. The third-order valence-electron chi connectivity index (χ3n) is 4.93. The van der Waals surface area contributed by atoms with E-state index in [1.165, 1.54) is 21.3 Å². The number of hydrogen-bond donors (Lipinski definition) is 4. The molecular weight excluding hydrogens is 438 g/mol. The maximum absolute atomic E-state index is 12.4. The maximum Gasteiger partial charge on any atom is 0.315 e. The summed E-state index contributed by atoms with van der Waals surface area (Å²) in [6.07, 6.45) is 1.55. The lowest BCUT2D eigenvalue weighted by molar-refractivity contribution is 0.102. The molecule has 5 N–H and O–H groups in total. The van der Waals surface area contributed by atoms with Crippen molar-refractivity contribution in [1.82, 2.24) is 15.6 Å². The summed E-state index contributed by atoms with van der Waals surface area (Å²) < 4.78 is 16.0. The van der Waals surface area contributed by atoms with E-state index in [1.807, 2.05) is 0 Å². The molecule has 3 rings (SSSR count). The number of carbonyl (C=O) groups excluding carboxylic acids is 2. The Morgan fingerprint density at radius 1 is 0.882 bits per heavy atom. The topological polar surface area (TPSA) is 137 Å². The van der Waals surface area contributed by atoms with Crippen LogP contribution in [0.25, 0.3) is 0 Å². The van der Waals surface area contributed by atoms with Crippen molar-refractivity contribution < 1.29 is 23.8 Å². The van der Waals surface area contributed by atoms with Crippen LogP contribution in [0.5, 0.6) is 17.2 Å². The first-order valence-electron chi connectivity index (χ1n) is 10.4. The lowest BCUT2D eigenvalue weighted by Gasteiger charge is -2.14. The van der Waals surface area contributed by atoms with Gasteiger partial charge < -0.3 is 35.9 Å². The first-order valence-corrected chi connectivity index (χ1v) is 10.4. The third-order valence-corrected chi connectivity index (χ3v) is 4.93. The van der Waals surface area contributed by atoms with Gasteiger partial charge in [0.15, 0.2) is 11.5 Å². The number of carbonyl (C=O) groups is 2. The number of methoxy groups -OCH3 is 3. The standard InChI is InChI=1S/C24H27N5O5/c1-32-19-11-16(12-20(33-2)21(19)34-3)14-28-24(31)27-13-15-6-8-17(9-7-15)23(30)29-18-5-4-10-26-22(18)25/h4-12H,13-14H2,1-3H3,(H2,25,26)(H,29,30)(H2,27,28,31). The normalized spacial score (nSPS) is 10.2. The number of pyridine rings is 1. The highest BCUT2D eigenvalue weighted by atomic mass is 16.5. The van der Waals surface area contributed by atoms with Gasteiger partial charge in [-0.05, 0) is 47.5 Å². The van der Waals surface area contributed by atoms with Gasteiger partial charge in [0.25, 0.3) is 5.91 Å². The average Bonchev–Trinajstić information content (AvgIpc) is 2.87. The number of amides is 3. The molecule has 0 saturated carbocycles. The third kappa shape index (κ3) is 6.06. The van der Waals surface area contributed by atoms with Gasteiger partial charge in [0.05, 0.1) is 27.0 Å². The van der Waals surface area contributed by atoms with Gasteiger partial charge in [0.1, 0.15) is 5.82 Å². The van der Waals surface area contributed by atoms with Gasteiger partial charge >= 0.3 is 6.03 Å². The number of nitrogens with zero attached hydrogens (tertiary/aromatic N) is 1. The van der Waals surface area contributed by atoms with E-state index in [0.717, 1.165) is 11.1 Å². The van der Waals surface area contributed by atoms with Crippen LogP contribution in [0.1, 0.15) is 21.5 Å². The molecule has 0 bridgehead atoms. The van der Waals surface area contributed by atoms with Crippen molar-refractivity contribution in [2.75, 3.05) is 32.4 Å². The summed E-state index contributed by atoms with van der Waals surface area (Å²) in [5, 5.41) is 8.29.